The first kappa shape index (κ1) is 16.2. The van der Waals surface area contributed by atoms with Crippen LogP contribution in [-0.2, 0) is 10.0 Å². The van der Waals surface area contributed by atoms with E-state index in [0.717, 1.165) is 18.2 Å². The molecule has 7 nitrogen and oxygen atoms in total. The van der Waals surface area contributed by atoms with E-state index >= 15 is 0 Å². The van der Waals surface area contributed by atoms with Gasteiger partial charge in [-0.2, -0.15) is 0 Å². The number of aliphatic hydroxyl groups is 1. The third-order valence-electron chi connectivity index (χ3n) is 3.93. The Morgan fingerprint density at radius 1 is 1.48 bits per heavy atom. The van der Waals surface area contributed by atoms with E-state index in [0.29, 0.717) is 6.42 Å². The van der Waals surface area contributed by atoms with Gasteiger partial charge in [-0.05, 0) is 12.5 Å². The van der Waals surface area contributed by atoms with Gasteiger partial charge in [-0.25, -0.2) is 13.1 Å². The van der Waals surface area contributed by atoms with Gasteiger partial charge in [-0.3, -0.25) is 10.1 Å². The first-order chi connectivity index (χ1) is 9.55. The van der Waals surface area contributed by atoms with Gasteiger partial charge in [0.2, 0.25) is 10.0 Å². The van der Waals surface area contributed by atoms with Crippen molar-refractivity contribution in [3.63, 3.8) is 0 Å². The van der Waals surface area contributed by atoms with Crippen molar-refractivity contribution in [3.05, 3.63) is 33.3 Å². The fourth-order valence-electron chi connectivity index (χ4n) is 2.17. The van der Waals surface area contributed by atoms with Gasteiger partial charge in [-0.1, -0.05) is 25.4 Å². The second kappa shape index (κ2) is 5.20. The van der Waals surface area contributed by atoms with Crippen molar-refractivity contribution in [2.24, 2.45) is 5.41 Å². The number of nitro benzene ring substituents is 1. The van der Waals surface area contributed by atoms with Crippen LogP contribution < -0.4 is 4.72 Å². The zero-order chi connectivity index (χ0) is 16.0. The quantitative estimate of drug-likeness (QED) is 0.643. The van der Waals surface area contributed by atoms with Crippen LogP contribution in [0.1, 0.15) is 20.3 Å². The van der Waals surface area contributed by atoms with Gasteiger partial charge in [-0.15, -0.1) is 0 Å². The molecule has 1 fully saturated rings. The highest BCUT2D eigenvalue weighted by molar-refractivity contribution is 7.89. The lowest BCUT2D eigenvalue weighted by Gasteiger charge is -2.49. The summed E-state index contributed by atoms with van der Waals surface area (Å²) in [5.74, 6) is 0. The average Bonchev–Trinajstić information content (AvgIpc) is 2.37. The van der Waals surface area contributed by atoms with E-state index in [9.17, 15) is 23.6 Å². The summed E-state index contributed by atoms with van der Waals surface area (Å²) in [5, 5.41) is 20.0. The third-order valence-corrected chi connectivity index (χ3v) is 5.88. The molecule has 2 atom stereocenters. The molecule has 1 aromatic carbocycles. The van der Waals surface area contributed by atoms with Crippen molar-refractivity contribution >= 4 is 27.3 Å². The fraction of sp³-hybridized carbons (Fsp3) is 0.500. The standard InChI is InChI=1S/C12H15ClN2O5S/c1-12(2)10(6-11(12)16)14-21(19,20)9-4-3-7(15(17)18)5-8(9)13/h3-5,10-11,14,16H,6H2,1-2H3. The summed E-state index contributed by atoms with van der Waals surface area (Å²) in [6.45, 7) is 3.51. The minimum absolute atomic E-state index is 0.214. The monoisotopic (exact) mass is 334 g/mol. The molecule has 1 aliphatic carbocycles. The Kier molecular flexibility index (Phi) is 4.00. The Hall–Kier alpha value is -1.22. The van der Waals surface area contributed by atoms with Gasteiger partial charge in [0.05, 0.1) is 16.0 Å². The van der Waals surface area contributed by atoms with Gasteiger partial charge in [0.1, 0.15) is 4.90 Å². The van der Waals surface area contributed by atoms with Gasteiger partial charge in [0.15, 0.2) is 0 Å². The van der Waals surface area contributed by atoms with Crippen LogP contribution in [0.5, 0.6) is 0 Å². The van der Waals surface area contributed by atoms with E-state index in [4.69, 9.17) is 11.6 Å². The van der Waals surface area contributed by atoms with Crippen LogP contribution in [0.4, 0.5) is 5.69 Å². The molecule has 1 aromatic rings. The summed E-state index contributed by atoms with van der Waals surface area (Å²) in [5.41, 5.74) is -0.848. The molecule has 2 unspecified atom stereocenters. The lowest BCUT2D eigenvalue weighted by Crippen LogP contribution is -2.61. The number of sulfonamides is 1. The van der Waals surface area contributed by atoms with Crippen LogP contribution in [0.25, 0.3) is 0 Å². The number of nitrogens with one attached hydrogen (secondary N) is 1. The number of halogens is 1. The van der Waals surface area contributed by atoms with E-state index in [1.807, 2.05) is 0 Å². The maximum absolute atomic E-state index is 12.3. The van der Waals surface area contributed by atoms with E-state index < -0.39 is 32.5 Å². The van der Waals surface area contributed by atoms with Crippen molar-refractivity contribution < 1.29 is 18.4 Å². The molecule has 0 saturated heterocycles. The normalized spacial score (nSPS) is 24.4. The third kappa shape index (κ3) is 2.89. The van der Waals surface area contributed by atoms with Crippen molar-refractivity contribution in [1.82, 2.24) is 4.72 Å². The molecule has 0 heterocycles. The molecule has 2 rings (SSSR count). The summed E-state index contributed by atoms with van der Waals surface area (Å²) >= 11 is 5.83. The predicted octanol–water partition coefficient (Wildman–Crippen LogP) is 1.69. The Bertz CT molecular complexity index is 689. The minimum atomic E-state index is -3.90. The molecule has 9 heteroatoms. The van der Waals surface area contributed by atoms with Gasteiger partial charge in [0.25, 0.3) is 5.69 Å². The van der Waals surface area contributed by atoms with E-state index in [1.165, 1.54) is 0 Å². The minimum Gasteiger partial charge on any atom is -0.392 e. The number of benzene rings is 1. The number of nitro groups is 1. The molecule has 2 N–H and O–H groups in total. The van der Waals surface area contributed by atoms with Crippen LogP contribution >= 0.6 is 11.6 Å². The summed E-state index contributed by atoms with van der Waals surface area (Å²) < 4.78 is 27.0. The molecule has 1 aliphatic rings. The number of nitrogens with zero attached hydrogens (tertiary/aromatic N) is 1. The SMILES string of the molecule is CC1(C)C(O)CC1NS(=O)(=O)c1ccc([N+](=O)[O-])cc1Cl. The van der Waals surface area contributed by atoms with E-state index in [-0.39, 0.29) is 15.6 Å². The molecule has 0 spiro atoms. The first-order valence-electron chi connectivity index (χ1n) is 6.20. The Morgan fingerprint density at radius 2 is 2.10 bits per heavy atom. The second-order valence-corrected chi connectivity index (χ2v) is 7.71. The summed E-state index contributed by atoms with van der Waals surface area (Å²) in [6, 6.07) is 2.77. The van der Waals surface area contributed by atoms with E-state index in [1.54, 1.807) is 13.8 Å². The molecule has 1 saturated carbocycles. The number of hydrogen-bond acceptors (Lipinski definition) is 5. The molecule has 21 heavy (non-hydrogen) atoms. The summed E-state index contributed by atoms with van der Waals surface area (Å²) in [7, 11) is -3.90. The summed E-state index contributed by atoms with van der Waals surface area (Å²) in [6.07, 6.45) is -0.255. The van der Waals surface area contributed by atoms with Crippen LogP contribution in [-0.4, -0.2) is 30.6 Å². The van der Waals surface area contributed by atoms with Crippen LogP contribution in [0, 0.1) is 15.5 Å². The Balaban J connectivity index is 2.27. The molecular formula is C12H15ClN2O5S. The molecule has 0 aliphatic heterocycles. The molecule has 0 radical (unpaired) electrons. The number of hydrogen-bond donors (Lipinski definition) is 2. The van der Waals surface area contributed by atoms with Gasteiger partial charge < -0.3 is 5.11 Å². The van der Waals surface area contributed by atoms with Crippen LogP contribution in [0.3, 0.4) is 0 Å². The zero-order valence-electron chi connectivity index (χ0n) is 11.4. The van der Waals surface area contributed by atoms with Crippen molar-refractivity contribution in [2.45, 2.75) is 37.3 Å². The molecule has 0 amide bonds. The zero-order valence-corrected chi connectivity index (χ0v) is 13.0. The fourth-order valence-corrected chi connectivity index (χ4v) is 4.12. The first-order valence-corrected chi connectivity index (χ1v) is 8.06. The van der Waals surface area contributed by atoms with Gasteiger partial charge >= 0.3 is 0 Å². The summed E-state index contributed by atoms with van der Waals surface area (Å²) in [4.78, 5) is 9.76. The lowest BCUT2D eigenvalue weighted by atomic mass is 9.65. The maximum atomic E-state index is 12.3. The number of non-ortho nitro benzene ring substituents is 1. The second-order valence-electron chi connectivity index (χ2n) is 5.62. The molecule has 0 bridgehead atoms. The predicted molar refractivity (Wildman–Crippen MR) is 76.6 cm³/mol. The molecule has 0 aromatic heterocycles. The van der Waals surface area contributed by atoms with E-state index in [2.05, 4.69) is 4.72 Å². The number of aliphatic hydroxyl groups excluding tert-OH is 1. The van der Waals surface area contributed by atoms with Crippen LogP contribution in [0.2, 0.25) is 5.02 Å². The highest BCUT2D eigenvalue weighted by Crippen LogP contribution is 2.41. The molecular weight excluding hydrogens is 320 g/mol. The van der Waals surface area contributed by atoms with Crippen molar-refractivity contribution in [3.8, 4) is 0 Å². The van der Waals surface area contributed by atoms with Crippen molar-refractivity contribution in [2.75, 3.05) is 0 Å². The number of rotatable bonds is 4. The van der Waals surface area contributed by atoms with Gasteiger partial charge in [0, 0.05) is 23.6 Å². The highest BCUT2D eigenvalue weighted by atomic mass is 35.5. The smallest absolute Gasteiger partial charge is 0.271 e. The topological polar surface area (TPSA) is 110 Å². The Morgan fingerprint density at radius 3 is 2.52 bits per heavy atom. The highest BCUT2D eigenvalue weighted by Gasteiger charge is 2.49. The Labute approximate surface area is 127 Å². The average molecular weight is 335 g/mol. The lowest BCUT2D eigenvalue weighted by molar-refractivity contribution is -0.384. The molecule has 116 valence electrons. The van der Waals surface area contributed by atoms with Crippen molar-refractivity contribution in [1.29, 1.82) is 0 Å². The largest absolute Gasteiger partial charge is 0.392 e. The van der Waals surface area contributed by atoms with Crippen LogP contribution in [0.15, 0.2) is 23.1 Å². The maximum Gasteiger partial charge on any atom is 0.271 e.